The number of hydrogen-bond acceptors (Lipinski definition) is 5. The lowest BCUT2D eigenvalue weighted by Gasteiger charge is -2.30. The summed E-state index contributed by atoms with van der Waals surface area (Å²) in [5.41, 5.74) is 4.40. The predicted octanol–water partition coefficient (Wildman–Crippen LogP) is 3.02. The molecular weight excluding hydrogens is 368 g/mol. The van der Waals surface area contributed by atoms with E-state index in [4.69, 9.17) is 9.84 Å². The van der Waals surface area contributed by atoms with Crippen molar-refractivity contribution in [2.45, 2.75) is 39.3 Å². The van der Waals surface area contributed by atoms with Crippen molar-refractivity contribution in [1.29, 1.82) is 0 Å². The van der Waals surface area contributed by atoms with Gasteiger partial charge in [-0.15, -0.1) is 0 Å². The summed E-state index contributed by atoms with van der Waals surface area (Å²) in [4.78, 5) is 21.8. The largest absolute Gasteiger partial charge is 0.480 e. The molecule has 1 N–H and O–H groups in total. The number of aliphatic carboxylic acids is 1. The van der Waals surface area contributed by atoms with Crippen LogP contribution in [0.5, 0.6) is 5.88 Å². The summed E-state index contributed by atoms with van der Waals surface area (Å²) in [5.74, 6) is -0.160. The molecule has 0 bridgehead atoms. The molecule has 7 heteroatoms. The quantitative estimate of drug-likeness (QED) is 0.692. The number of piperidine rings is 1. The third-order valence-electron chi connectivity index (χ3n) is 5.73. The van der Waals surface area contributed by atoms with Crippen LogP contribution in [-0.2, 0) is 11.3 Å². The molecule has 0 atom stereocenters. The third kappa shape index (κ3) is 4.10. The SMILES string of the molecule is Cc1c(C)n(Cc2ccccc2)c2ncnc(OC3CCN(CC(=O)O)CC3)c12. The van der Waals surface area contributed by atoms with Crippen molar-refractivity contribution in [3.8, 4) is 5.88 Å². The minimum absolute atomic E-state index is 0.0373. The first kappa shape index (κ1) is 19.4. The number of benzene rings is 1. The van der Waals surface area contributed by atoms with E-state index in [2.05, 4.69) is 40.5 Å². The summed E-state index contributed by atoms with van der Waals surface area (Å²) in [6.45, 7) is 6.47. The maximum Gasteiger partial charge on any atom is 0.317 e. The first-order valence-corrected chi connectivity index (χ1v) is 9.98. The molecule has 0 unspecified atom stereocenters. The molecule has 1 aromatic carbocycles. The van der Waals surface area contributed by atoms with Crippen molar-refractivity contribution < 1.29 is 14.6 Å². The van der Waals surface area contributed by atoms with Gasteiger partial charge >= 0.3 is 5.97 Å². The fourth-order valence-electron chi connectivity index (χ4n) is 4.02. The summed E-state index contributed by atoms with van der Waals surface area (Å²) in [6, 6.07) is 10.3. The Labute approximate surface area is 170 Å². The number of aryl methyl sites for hydroxylation is 1. The molecule has 7 nitrogen and oxygen atoms in total. The normalized spacial score (nSPS) is 15.7. The molecule has 0 aliphatic carbocycles. The number of ether oxygens (including phenoxy) is 1. The Morgan fingerprint density at radius 2 is 1.90 bits per heavy atom. The fraction of sp³-hybridized carbons (Fsp3) is 0.409. The van der Waals surface area contributed by atoms with Crippen LogP contribution >= 0.6 is 0 Å². The van der Waals surface area contributed by atoms with Crippen molar-refractivity contribution in [3.63, 3.8) is 0 Å². The molecule has 152 valence electrons. The van der Waals surface area contributed by atoms with Crippen LogP contribution in [0, 0.1) is 13.8 Å². The van der Waals surface area contributed by atoms with Gasteiger partial charge in [0, 0.05) is 25.3 Å². The number of nitrogens with zero attached hydrogens (tertiary/aromatic N) is 4. The Balaban J connectivity index is 1.57. The Bertz CT molecular complexity index is 1010. The fourth-order valence-corrected chi connectivity index (χ4v) is 4.02. The molecular formula is C22H26N4O3. The van der Waals surface area contributed by atoms with Crippen molar-refractivity contribution in [1.82, 2.24) is 19.4 Å². The number of rotatable bonds is 6. The van der Waals surface area contributed by atoms with E-state index in [0.717, 1.165) is 54.8 Å². The summed E-state index contributed by atoms with van der Waals surface area (Å²) in [7, 11) is 0. The minimum atomic E-state index is -0.785. The van der Waals surface area contributed by atoms with E-state index >= 15 is 0 Å². The average molecular weight is 394 g/mol. The number of carbonyl (C=O) groups is 1. The van der Waals surface area contributed by atoms with Crippen molar-refractivity contribution in [3.05, 3.63) is 53.5 Å². The van der Waals surface area contributed by atoms with Gasteiger partial charge < -0.3 is 14.4 Å². The molecule has 2 aromatic heterocycles. The highest BCUT2D eigenvalue weighted by Crippen LogP contribution is 2.32. The molecule has 1 fully saturated rings. The monoisotopic (exact) mass is 394 g/mol. The molecule has 0 radical (unpaired) electrons. The van der Waals surface area contributed by atoms with Crippen molar-refractivity contribution in [2.24, 2.45) is 0 Å². The van der Waals surface area contributed by atoms with Gasteiger partial charge in [0.05, 0.1) is 11.9 Å². The van der Waals surface area contributed by atoms with Gasteiger partial charge in [0.15, 0.2) is 0 Å². The Kier molecular flexibility index (Phi) is 5.49. The summed E-state index contributed by atoms with van der Waals surface area (Å²) in [6.07, 6.45) is 3.19. The standard InChI is InChI=1S/C22H26N4O3/c1-15-16(2)26(12-17-6-4-3-5-7-17)21-20(15)22(24-14-23-21)29-18-8-10-25(11-9-18)13-19(27)28/h3-7,14,18H,8-13H2,1-2H3,(H,27,28). The van der Waals surface area contributed by atoms with E-state index in [1.54, 1.807) is 6.33 Å². The summed E-state index contributed by atoms with van der Waals surface area (Å²) >= 11 is 0. The highest BCUT2D eigenvalue weighted by molar-refractivity contribution is 5.86. The molecule has 29 heavy (non-hydrogen) atoms. The zero-order valence-electron chi connectivity index (χ0n) is 16.8. The van der Waals surface area contributed by atoms with E-state index in [1.807, 2.05) is 23.1 Å². The number of fused-ring (bicyclic) bond motifs is 1. The second-order valence-corrected chi connectivity index (χ2v) is 7.65. The average Bonchev–Trinajstić information content (AvgIpc) is 2.96. The number of carboxylic acids is 1. The number of likely N-dealkylation sites (tertiary alicyclic amines) is 1. The van der Waals surface area contributed by atoms with Crippen LogP contribution < -0.4 is 4.74 Å². The molecule has 3 aromatic rings. The minimum Gasteiger partial charge on any atom is -0.480 e. The van der Waals surface area contributed by atoms with Gasteiger partial charge in [-0.2, -0.15) is 0 Å². The smallest absolute Gasteiger partial charge is 0.317 e. The number of hydrogen-bond donors (Lipinski definition) is 1. The van der Waals surface area contributed by atoms with Crippen LogP contribution in [0.1, 0.15) is 29.7 Å². The topological polar surface area (TPSA) is 80.5 Å². The van der Waals surface area contributed by atoms with Crippen LogP contribution in [0.15, 0.2) is 36.7 Å². The van der Waals surface area contributed by atoms with Gasteiger partial charge in [0.25, 0.3) is 0 Å². The maximum absolute atomic E-state index is 10.9. The van der Waals surface area contributed by atoms with Gasteiger partial charge in [-0.1, -0.05) is 30.3 Å². The van der Waals surface area contributed by atoms with Gasteiger partial charge in [-0.25, -0.2) is 9.97 Å². The molecule has 0 saturated carbocycles. The Morgan fingerprint density at radius 3 is 2.59 bits per heavy atom. The van der Waals surface area contributed by atoms with E-state index in [-0.39, 0.29) is 12.6 Å². The van der Waals surface area contributed by atoms with E-state index in [1.165, 1.54) is 5.56 Å². The van der Waals surface area contributed by atoms with Gasteiger partial charge in [-0.3, -0.25) is 9.69 Å². The van der Waals surface area contributed by atoms with Gasteiger partial charge in [0.2, 0.25) is 5.88 Å². The number of aromatic nitrogens is 3. The maximum atomic E-state index is 10.9. The highest BCUT2D eigenvalue weighted by atomic mass is 16.5. The summed E-state index contributed by atoms with van der Waals surface area (Å²) in [5, 5.41) is 9.92. The van der Waals surface area contributed by atoms with Gasteiger partial charge in [-0.05, 0) is 37.8 Å². The molecule has 1 aliphatic heterocycles. The van der Waals surface area contributed by atoms with Crippen LogP contribution in [0.2, 0.25) is 0 Å². The van der Waals surface area contributed by atoms with Crippen LogP contribution in [0.25, 0.3) is 11.0 Å². The van der Waals surface area contributed by atoms with Crippen LogP contribution in [0.4, 0.5) is 0 Å². The van der Waals surface area contributed by atoms with Gasteiger partial charge in [0.1, 0.15) is 18.1 Å². The second kappa shape index (κ2) is 8.21. The van der Waals surface area contributed by atoms with E-state index < -0.39 is 5.97 Å². The van der Waals surface area contributed by atoms with Crippen molar-refractivity contribution in [2.75, 3.05) is 19.6 Å². The van der Waals surface area contributed by atoms with E-state index in [0.29, 0.717) is 5.88 Å². The molecule has 1 saturated heterocycles. The lowest BCUT2D eigenvalue weighted by molar-refractivity contribution is -0.138. The molecule has 4 rings (SSSR count). The predicted molar refractivity (Wildman–Crippen MR) is 110 cm³/mol. The first-order chi connectivity index (χ1) is 14.0. The first-order valence-electron chi connectivity index (χ1n) is 9.98. The summed E-state index contributed by atoms with van der Waals surface area (Å²) < 4.78 is 8.50. The molecule has 1 aliphatic rings. The second-order valence-electron chi connectivity index (χ2n) is 7.65. The zero-order valence-corrected chi connectivity index (χ0v) is 16.8. The lowest BCUT2D eigenvalue weighted by Crippen LogP contribution is -2.40. The number of carboxylic acid groups (broad SMARTS) is 1. The lowest BCUT2D eigenvalue weighted by atomic mass is 10.1. The third-order valence-corrected chi connectivity index (χ3v) is 5.73. The molecule has 0 amide bonds. The Morgan fingerprint density at radius 1 is 1.17 bits per heavy atom. The molecule has 0 spiro atoms. The highest BCUT2D eigenvalue weighted by Gasteiger charge is 2.24. The van der Waals surface area contributed by atoms with Crippen molar-refractivity contribution >= 4 is 17.0 Å². The van der Waals surface area contributed by atoms with Crippen LogP contribution in [0.3, 0.4) is 0 Å². The zero-order chi connectivity index (χ0) is 20.4. The van der Waals surface area contributed by atoms with E-state index in [9.17, 15) is 4.79 Å². The van der Waals surface area contributed by atoms with Crippen LogP contribution in [-0.4, -0.2) is 56.2 Å². The molecule has 3 heterocycles. The Hall–Kier alpha value is -2.93.